The van der Waals surface area contributed by atoms with Crippen LogP contribution in [0.5, 0.6) is 0 Å². The molecule has 2 aromatic rings. The summed E-state index contributed by atoms with van der Waals surface area (Å²) >= 11 is 0. The van der Waals surface area contributed by atoms with E-state index in [2.05, 4.69) is 15.6 Å². The molecule has 1 aromatic carbocycles. The molecule has 1 aliphatic rings. The first-order chi connectivity index (χ1) is 13.1. The number of amides is 2. The Kier molecular flexibility index (Phi) is 6.45. The highest BCUT2D eigenvalue weighted by Crippen LogP contribution is 2.21. The Hall–Kier alpha value is -2.41. The minimum absolute atomic E-state index is 0.00793. The number of para-hydroxylation sites is 2. The van der Waals surface area contributed by atoms with Crippen LogP contribution < -0.4 is 10.6 Å². The fraction of sp³-hybridized carbons (Fsp3) is 0.550. The van der Waals surface area contributed by atoms with Crippen LogP contribution in [0.4, 0.5) is 0 Å². The Morgan fingerprint density at radius 2 is 2.15 bits per heavy atom. The molecule has 0 bridgehead atoms. The summed E-state index contributed by atoms with van der Waals surface area (Å²) in [5, 5.41) is 5.93. The van der Waals surface area contributed by atoms with E-state index in [9.17, 15) is 9.59 Å². The fourth-order valence-corrected chi connectivity index (χ4v) is 3.43. The first-order valence-corrected chi connectivity index (χ1v) is 9.71. The summed E-state index contributed by atoms with van der Waals surface area (Å²) in [6.07, 6.45) is 3.42. The molecule has 2 unspecified atom stereocenters. The minimum atomic E-state index is -0.276. The lowest BCUT2D eigenvalue weighted by Crippen LogP contribution is -2.35. The van der Waals surface area contributed by atoms with Crippen LogP contribution in [-0.4, -0.2) is 40.6 Å². The third-order valence-corrected chi connectivity index (χ3v) is 4.78. The number of aromatic nitrogens is 2. The van der Waals surface area contributed by atoms with Crippen LogP contribution in [-0.2, 0) is 20.9 Å². The maximum atomic E-state index is 12.5. The van der Waals surface area contributed by atoms with E-state index in [0.29, 0.717) is 18.8 Å². The highest BCUT2D eigenvalue weighted by Gasteiger charge is 2.21. The lowest BCUT2D eigenvalue weighted by Gasteiger charge is -2.17. The third-order valence-electron chi connectivity index (χ3n) is 4.78. The maximum Gasteiger partial charge on any atom is 0.240 e. The average molecular weight is 372 g/mol. The van der Waals surface area contributed by atoms with Gasteiger partial charge in [-0.3, -0.25) is 9.59 Å². The molecule has 7 heteroatoms. The van der Waals surface area contributed by atoms with Gasteiger partial charge in [-0.15, -0.1) is 0 Å². The van der Waals surface area contributed by atoms with Crippen LogP contribution in [0.3, 0.4) is 0 Å². The molecule has 1 aromatic heterocycles. The van der Waals surface area contributed by atoms with Crippen LogP contribution in [0.2, 0.25) is 0 Å². The van der Waals surface area contributed by atoms with Crippen LogP contribution >= 0.6 is 0 Å². The van der Waals surface area contributed by atoms with Gasteiger partial charge in [0.1, 0.15) is 12.4 Å². The average Bonchev–Trinajstić information content (AvgIpc) is 3.28. The zero-order valence-corrected chi connectivity index (χ0v) is 16.0. The molecule has 2 atom stereocenters. The normalized spacial score (nSPS) is 17.8. The Bertz CT molecular complexity index is 796. The van der Waals surface area contributed by atoms with Crippen molar-refractivity contribution in [2.24, 2.45) is 0 Å². The number of hydrogen-bond donors (Lipinski definition) is 2. The van der Waals surface area contributed by atoms with Crippen molar-refractivity contribution < 1.29 is 14.3 Å². The predicted octanol–water partition coefficient (Wildman–Crippen LogP) is 2.31. The first-order valence-electron chi connectivity index (χ1n) is 9.71. The number of rotatable bonds is 8. The van der Waals surface area contributed by atoms with E-state index in [1.54, 1.807) is 0 Å². The monoisotopic (exact) mass is 372 g/mol. The Morgan fingerprint density at radius 3 is 2.89 bits per heavy atom. The van der Waals surface area contributed by atoms with Gasteiger partial charge in [0.25, 0.3) is 0 Å². The summed E-state index contributed by atoms with van der Waals surface area (Å²) < 4.78 is 7.44. The third kappa shape index (κ3) is 4.86. The number of ether oxygens (including phenoxy) is 1. The summed E-state index contributed by atoms with van der Waals surface area (Å²) in [5.41, 5.74) is 1.70. The number of nitrogens with zero attached hydrogens (tertiary/aromatic N) is 2. The van der Waals surface area contributed by atoms with Crippen molar-refractivity contribution in [1.29, 1.82) is 0 Å². The zero-order chi connectivity index (χ0) is 19.2. The van der Waals surface area contributed by atoms with Crippen molar-refractivity contribution in [1.82, 2.24) is 20.2 Å². The summed E-state index contributed by atoms with van der Waals surface area (Å²) in [4.78, 5) is 29.2. The van der Waals surface area contributed by atoms with Crippen molar-refractivity contribution in [3.05, 3.63) is 30.1 Å². The standard InChI is InChI=1S/C20H28N4O3/c1-3-7-18(25)22-14(2)20-23-16-9-4-5-10-17(16)24(20)13-19(26)21-12-15-8-6-11-27-15/h4-5,9-10,14-15H,3,6-8,11-13H2,1-2H3,(H,21,26)(H,22,25). The molecular formula is C20H28N4O3. The zero-order valence-electron chi connectivity index (χ0n) is 16.0. The van der Waals surface area contributed by atoms with Crippen LogP contribution in [0.25, 0.3) is 11.0 Å². The number of carbonyl (C=O) groups is 2. The highest BCUT2D eigenvalue weighted by atomic mass is 16.5. The second kappa shape index (κ2) is 8.99. The fourth-order valence-electron chi connectivity index (χ4n) is 3.43. The SMILES string of the molecule is CCCC(=O)NC(C)c1nc2ccccc2n1CC(=O)NCC1CCCO1. The molecule has 3 rings (SSSR count). The smallest absolute Gasteiger partial charge is 0.240 e. The lowest BCUT2D eigenvalue weighted by molar-refractivity contribution is -0.122. The number of fused-ring (bicyclic) bond motifs is 1. The number of carbonyl (C=O) groups excluding carboxylic acids is 2. The van der Waals surface area contributed by atoms with Crippen LogP contribution in [0.15, 0.2) is 24.3 Å². The van der Waals surface area contributed by atoms with Crippen molar-refractivity contribution in [2.45, 2.75) is 58.2 Å². The molecule has 1 saturated heterocycles. The molecule has 1 fully saturated rings. The van der Waals surface area contributed by atoms with Gasteiger partial charge in [0.2, 0.25) is 11.8 Å². The van der Waals surface area contributed by atoms with Gasteiger partial charge in [-0.05, 0) is 38.3 Å². The molecule has 0 saturated carbocycles. The van der Waals surface area contributed by atoms with E-state index in [4.69, 9.17) is 4.74 Å². The lowest BCUT2D eigenvalue weighted by atomic mass is 10.2. The molecule has 146 valence electrons. The molecule has 0 spiro atoms. The minimum Gasteiger partial charge on any atom is -0.376 e. The van der Waals surface area contributed by atoms with Gasteiger partial charge in [0, 0.05) is 19.6 Å². The van der Waals surface area contributed by atoms with Crippen molar-refractivity contribution in [3.63, 3.8) is 0 Å². The van der Waals surface area contributed by atoms with Gasteiger partial charge < -0.3 is 19.9 Å². The number of benzene rings is 1. The van der Waals surface area contributed by atoms with E-state index in [-0.39, 0.29) is 30.5 Å². The van der Waals surface area contributed by atoms with Crippen LogP contribution in [0.1, 0.15) is 51.4 Å². The number of hydrogen-bond acceptors (Lipinski definition) is 4. The molecule has 1 aliphatic heterocycles. The van der Waals surface area contributed by atoms with Crippen LogP contribution in [0, 0.1) is 0 Å². The molecule has 0 aliphatic carbocycles. The van der Waals surface area contributed by atoms with E-state index < -0.39 is 0 Å². The molecule has 2 N–H and O–H groups in total. The van der Waals surface area contributed by atoms with Gasteiger partial charge in [0.15, 0.2) is 0 Å². The summed E-state index contributed by atoms with van der Waals surface area (Å²) in [5.74, 6) is 0.598. The number of nitrogens with one attached hydrogen (secondary N) is 2. The Balaban J connectivity index is 1.75. The largest absolute Gasteiger partial charge is 0.376 e. The topological polar surface area (TPSA) is 85.2 Å². The van der Waals surface area contributed by atoms with E-state index >= 15 is 0 Å². The molecule has 2 amide bonds. The second-order valence-corrected chi connectivity index (χ2v) is 7.02. The van der Waals surface area contributed by atoms with Gasteiger partial charge >= 0.3 is 0 Å². The van der Waals surface area contributed by atoms with E-state index in [1.165, 1.54) is 0 Å². The first kappa shape index (κ1) is 19.4. The molecule has 27 heavy (non-hydrogen) atoms. The Morgan fingerprint density at radius 1 is 1.33 bits per heavy atom. The van der Waals surface area contributed by atoms with E-state index in [1.807, 2.05) is 42.7 Å². The summed E-state index contributed by atoms with van der Waals surface area (Å²) in [7, 11) is 0. The van der Waals surface area contributed by atoms with Gasteiger partial charge in [0.05, 0.1) is 23.2 Å². The van der Waals surface area contributed by atoms with Crippen molar-refractivity contribution in [2.75, 3.05) is 13.2 Å². The van der Waals surface area contributed by atoms with Crippen molar-refractivity contribution in [3.8, 4) is 0 Å². The molecule has 7 nitrogen and oxygen atoms in total. The summed E-state index contributed by atoms with van der Waals surface area (Å²) in [6, 6.07) is 7.43. The second-order valence-electron chi connectivity index (χ2n) is 7.02. The van der Waals surface area contributed by atoms with Crippen molar-refractivity contribution >= 4 is 22.8 Å². The van der Waals surface area contributed by atoms with E-state index in [0.717, 1.165) is 36.9 Å². The quantitative estimate of drug-likeness (QED) is 0.745. The van der Waals surface area contributed by atoms with Gasteiger partial charge in [-0.2, -0.15) is 0 Å². The highest BCUT2D eigenvalue weighted by molar-refractivity contribution is 5.81. The van der Waals surface area contributed by atoms with Gasteiger partial charge in [-0.1, -0.05) is 19.1 Å². The number of imidazole rings is 1. The molecular weight excluding hydrogens is 344 g/mol. The maximum absolute atomic E-state index is 12.5. The van der Waals surface area contributed by atoms with Gasteiger partial charge in [-0.25, -0.2) is 4.98 Å². The predicted molar refractivity (Wildman–Crippen MR) is 103 cm³/mol. The summed E-state index contributed by atoms with van der Waals surface area (Å²) in [6.45, 7) is 5.33. The molecule has 0 radical (unpaired) electrons. The Labute approximate surface area is 159 Å². The molecule has 2 heterocycles.